The molecule has 0 unspecified atom stereocenters. The largest absolute Gasteiger partial charge is 0.305 e. The standard InChI is InChI=1S/C15H10BrN3O/c16-11-7-4-8-17-14(11)15-18-12(9-13(20)19-15)10-5-2-1-3-6-10/h1-9H,(H,18,19,20). The summed E-state index contributed by atoms with van der Waals surface area (Å²) in [4.78, 5) is 23.3. The van der Waals surface area contributed by atoms with Gasteiger partial charge >= 0.3 is 0 Å². The van der Waals surface area contributed by atoms with Crippen molar-refractivity contribution in [3.8, 4) is 22.8 Å². The Kier molecular flexibility index (Phi) is 3.43. The first-order chi connectivity index (χ1) is 9.74. The van der Waals surface area contributed by atoms with Crippen molar-refractivity contribution in [3.05, 3.63) is 69.6 Å². The molecule has 3 aromatic rings. The lowest BCUT2D eigenvalue weighted by Gasteiger charge is -2.05. The Labute approximate surface area is 123 Å². The monoisotopic (exact) mass is 327 g/mol. The van der Waals surface area contributed by atoms with Crippen LogP contribution < -0.4 is 5.56 Å². The van der Waals surface area contributed by atoms with Gasteiger partial charge in [-0.3, -0.25) is 9.78 Å². The van der Waals surface area contributed by atoms with Crippen LogP contribution in [0.5, 0.6) is 0 Å². The number of pyridine rings is 1. The summed E-state index contributed by atoms with van der Waals surface area (Å²) in [6.45, 7) is 0. The molecule has 0 atom stereocenters. The van der Waals surface area contributed by atoms with E-state index in [-0.39, 0.29) is 5.56 Å². The summed E-state index contributed by atoms with van der Waals surface area (Å²) in [5.41, 5.74) is 1.93. The molecule has 0 aliphatic heterocycles. The van der Waals surface area contributed by atoms with Crippen LogP contribution in [0.2, 0.25) is 0 Å². The fourth-order valence-corrected chi connectivity index (χ4v) is 2.33. The van der Waals surface area contributed by atoms with Crippen molar-refractivity contribution in [2.45, 2.75) is 0 Å². The second-order valence-corrected chi connectivity index (χ2v) is 5.03. The topological polar surface area (TPSA) is 58.6 Å². The van der Waals surface area contributed by atoms with Crippen molar-refractivity contribution in [1.82, 2.24) is 15.0 Å². The van der Waals surface area contributed by atoms with Gasteiger partial charge in [-0.15, -0.1) is 0 Å². The molecule has 1 aromatic carbocycles. The van der Waals surface area contributed by atoms with Gasteiger partial charge in [0.25, 0.3) is 5.56 Å². The third-order valence-corrected chi connectivity index (χ3v) is 3.43. The number of rotatable bonds is 2. The lowest BCUT2D eigenvalue weighted by Crippen LogP contribution is -2.09. The van der Waals surface area contributed by atoms with E-state index in [1.54, 1.807) is 6.20 Å². The number of aromatic amines is 1. The minimum atomic E-state index is -0.202. The van der Waals surface area contributed by atoms with Gasteiger partial charge in [-0.25, -0.2) is 4.98 Å². The van der Waals surface area contributed by atoms with Gasteiger partial charge < -0.3 is 4.98 Å². The summed E-state index contributed by atoms with van der Waals surface area (Å²) in [7, 11) is 0. The molecule has 20 heavy (non-hydrogen) atoms. The average Bonchev–Trinajstić information content (AvgIpc) is 2.48. The third-order valence-electron chi connectivity index (χ3n) is 2.79. The van der Waals surface area contributed by atoms with E-state index in [4.69, 9.17) is 0 Å². The normalized spacial score (nSPS) is 10.4. The van der Waals surface area contributed by atoms with Crippen molar-refractivity contribution >= 4 is 15.9 Å². The van der Waals surface area contributed by atoms with Crippen LogP contribution in [0.3, 0.4) is 0 Å². The van der Waals surface area contributed by atoms with Crippen molar-refractivity contribution < 1.29 is 0 Å². The molecule has 0 bridgehead atoms. The fourth-order valence-electron chi connectivity index (χ4n) is 1.89. The molecule has 0 amide bonds. The second kappa shape index (κ2) is 5.38. The van der Waals surface area contributed by atoms with E-state index in [0.29, 0.717) is 17.2 Å². The van der Waals surface area contributed by atoms with Gasteiger partial charge in [0.1, 0.15) is 5.69 Å². The van der Waals surface area contributed by atoms with Crippen LogP contribution in [0.4, 0.5) is 0 Å². The molecule has 0 fully saturated rings. The van der Waals surface area contributed by atoms with E-state index in [0.717, 1.165) is 10.0 Å². The molecule has 0 saturated carbocycles. The highest BCUT2D eigenvalue weighted by Crippen LogP contribution is 2.23. The van der Waals surface area contributed by atoms with Crippen LogP contribution >= 0.6 is 15.9 Å². The molecule has 1 N–H and O–H groups in total. The molecule has 0 aliphatic rings. The van der Waals surface area contributed by atoms with Crippen molar-refractivity contribution in [2.75, 3.05) is 0 Å². The smallest absolute Gasteiger partial charge is 0.251 e. The number of H-pyrrole nitrogens is 1. The van der Waals surface area contributed by atoms with Gasteiger partial charge in [0, 0.05) is 22.3 Å². The van der Waals surface area contributed by atoms with E-state index in [1.165, 1.54) is 6.07 Å². The molecular weight excluding hydrogens is 318 g/mol. The molecule has 4 nitrogen and oxygen atoms in total. The van der Waals surface area contributed by atoms with E-state index < -0.39 is 0 Å². The Morgan fingerprint density at radius 1 is 1.05 bits per heavy atom. The summed E-state index contributed by atoms with van der Waals surface area (Å²) in [6, 6.07) is 14.7. The molecule has 0 aliphatic carbocycles. The number of hydrogen-bond donors (Lipinski definition) is 1. The van der Waals surface area contributed by atoms with Crippen LogP contribution in [0, 0.1) is 0 Å². The molecule has 0 spiro atoms. The molecule has 2 aromatic heterocycles. The van der Waals surface area contributed by atoms with Crippen LogP contribution in [0.15, 0.2) is 64.0 Å². The Morgan fingerprint density at radius 2 is 1.85 bits per heavy atom. The summed E-state index contributed by atoms with van der Waals surface area (Å²) in [5, 5.41) is 0. The summed E-state index contributed by atoms with van der Waals surface area (Å²) >= 11 is 3.41. The minimum Gasteiger partial charge on any atom is -0.305 e. The molecule has 5 heteroatoms. The first-order valence-corrected chi connectivity index (χ1v) is 6.81. The predicted octanol–water partition coefficient (Wildman–Crippen LogP) is 3.26. The maximum absolute atomic E-state index is 11.8. The quantitative estimate of drug-likeness (QED) is 0.785. The van der Waals surface area contributed by atoms with E-state index in [2.05, 4.69) is 30.9 Å². The Bertz CT molecular complexity index is 799. The Morgan fingerprint density at radius 3 is 2.60 bits per heavy atom. The number of benzene rings is 1. The van der Waals surface area contributed by atoms with E-state index in [1.807, 2.05) is 42.5 Å². The van der Waals surface area contributed by atoms with E-state index >= 15 is 0 Å². The van der Waals surface area contributed by atoms with Crippen LogP contribution in [0.25, 0.3) is 22.8 Å². The molecule has 0 saturated heterocycles. The van der Waals surface area contributed by atoms with Crippen molar-refractivity contribution in [3.63, 3.8) is 0 Å². The van der Waals surface area contributed by atoms with Gasteiger partial charge in [-0.2, -0.15) is 0 Å². The van der Waals surface area contributed by atoms with Crippen LogP contribution in [0.1, 0.15) is 0 Å². The zero-order chi connectivity index (χ0) is 13.9. The van der Waals surface area contributed by atoms with Gasteiger partial charge in [0.2, 0.25) is 0 Å². The number of hydrogen-bond acceptors (Lipinski definition) is 3. The Hall–Kier alpha value is -2.27. The Balaban J connectivity index is 2.18. The van der Waals surface area contributed by atoms with Gasteiger partial charge in [0.15, 0.2) is 5.82 Å². The van der Waals surface area contributed by atoms with E-state index in [9.17, 15) is 4.79 Å². The van der Waals surface area contributed by atoms with Gasteiger partial charge in [-0.05, 0) is 28.1 Å². The highest BCUT2D eigenvalue weighted by molar-refractivity contribution is 9.10. The molecular formula is C15H10BrN3O. The van der Waals surface area contributed by atoms with Crippen molar-refractivity contribution in [2.24, 2.45) is 0 Å². The van der Waals surface area contributed by atoms with Crippen molar-refractivity contribution in [1.29, 1.82) is 0 Å². The number of nitrogens with zero attached hydrogens (tertiary/aromatic N) is 2. The second-order valence-electron chi connectivity index (χ2n) is 4.18. The number of halogens is 1. The summed E-state index contributed by atoms with van der Waals surface area (Å²) in [5.74, 6) is 0.448. The fraction of sp³-hybridized carbons (Fsp3) is 0. The van der Waals surface area contributed by atoms with Gasteiger partial charge in [0.05, 0.1) is 5.69 Å². The molecule has 0 radical (unpaired) electrons. The number of nitrogens with one attached hydrogen (secondary N) is 1. The average molecular weight is 328 g/mol. The molecule has 2 heterocycles. The van der Waals surface area contributed by atoms with Crippen LogP contribution in [-0.2, 0) is 0 Å². The minimum absolute atomic E-state index is 0.202. The van der Waals surface area contributed by atoms with Gasteiger partial charge in [-0.1, -0.05) is 30.3 Å². The maximum Gasteiger partial charge on any atom is 0.251 e. The SMILES string of the molecule is O=c1cc(-c2ccccc2)nc(-c2ncccc2Br)[nH]1. The number of aromatic nitrogens is 3. The lowest BCUT2D eigenvalue weighted by molar-refractivity contribution is 1.10. The maximum atomic E-state index is 11.8. The zero-order valence-electron chi connectivity index (χ0n) is 10.4. The first-order valence-electron chi connectivity index (χ1n) is 6.02. The lowest BCUT2D eigenvalue weighted by atomic mass is 10.1. The highest BCUT2D eigenvalue weighted by atomic mass is 79.9. The summed E-state index contributed by atoms with van der Waals surface area (Å²) in [6.07, 6.45) is 1.66. The highest BCUT2D eigenvalue weighted by Gasteiger charge is 2.09. The molecule has 3 rings (SSSR count). The first kappa shape index (κ1) is 12.7. The molecule has 98 valence electrons. The van der Waals surface area contributed by atoms with Crippen LogP contribution in [-0.4, -0.2) is 15.0 Å². The third kappa shape index (κ3) is 2.53. The summed E-state index contributed by atoms with van der Waals surface area (Å²) < 4.78 is 0.786. The predicted molar refractivity (Wildman–Crippen MR) is 81.2 cm³/mol. The zero-order valence-corrected chi connectivity index (χ0v) is 12.0.